The quantitative estimate of drug-likeness (QED) is 0.461. The smallest absolute Gasteiger partial charge is 0.291 e. The first-order chi connectivity index (χ1) is 13.4. The summed E-state index contributed by atoms with van der Waals surface area (Å²) in [4.78, 5) is 16.8. The van der Waals surface area contributed by atoms with E-state index in [-0.39, 0.29) is 17.4 Å². The van der Waals surface area contributed by atoms with Crippen molar-refractivity contribution in [2.75, 3.05) is 5.32 Å². The molecule has 1 amide bonds. The molecule has 0 saturated carbocycles. The zero-order valence-electron chi connectivity index (χ0n) is 15.8. The van der Waals surface area contributed by atoms with E-state index in [0.717, 1.165) is 11.1 Å². The molecular formula is C22H20N2O4. The van der Waals surface area contributed by atoms with Crippen LogP contribution in [0.5, 0.6) is 5.75 Å². The van der Waals surface area contributed by atoms with Crippen LogP contribution in [0.25, 0.3) is 22.6 Å². The monoisotopic (exact) mass is 376 g/mol. The number of anilines is 1. The highest BCUT2D eigenvalue weighted by Gasteiger charge is 2.18. The van der Waals surface area contributed by atoms with E-state index in [0.29, 0.717) is 34.2 Å². The summed E-state index contributed by atoms with van der Waals surface area (Å²) in [6.45, 7) is 5.98. The Labute approximate surface area is 161 Å². The molecule has 4 aromatic rings. The number of hydrogen-bond acceptors (Lipinski definition) is 5. The molecule has 2 aromatic carbocycles. The van der Waals surface area contributed by atoms with Crippen LogP contribution in [-0.4, -0.2) is 16.0 Å². The topological polar surface area (TPSA) is 88.5 Å². The number of rotatable bonds is 4. The number of aryl methyl sites for hydroxylation is 1. The Morgan fingerprint density at radius 1 is 1.18 bits per heavy atom. The molecule has 6 heteroatoms. The first-order valence-electron chi connectivity index (χ1n) is 9.01. The number of amides is 1. The molecule has 0 aliphatic heterocycles. The third-order valence-corrected chi connectivity index (χ3v) is 4.61. The van der Waals surface area contributed by atoms with Gasteiger partial charge in [-0.05, 0) is 60.4 Å². The average Bonchev–Trinajstić information content (AvgIpc) is 3.33. The van der Waals surface area contributed by atoms with Crippen LogP contribution in [0.4, 0.5) is 5.69 Å². The summed E-state index contributed by atoms with van der Waals surface area (Å²) in [6.07, 6.45) is 1.44. The molecule has 0 aliphatic carbocycles. The van der Waals surface area contributed by atoms with Crippen molar-refractivity contribution in [3.8, 4) is 17.2 Å². The number of oxazole rings is 1. The van der Waals surface area contributed by atoms with Gasteiger partial charge >= 0.3 is 0 Å². The molecule has 0 bridgehead atoms. The van der Waals surface area contributed by atoms with E-state index in [2.05, 4.69) is 24.1 Å². The Morgan fingerprint density at radius 3 is 2.71 bits per heavy atom. The average molecular weight is 376 g/mol. The molecule has 0 radical (unpaired) electrons. The third kappa shape index (κ3) is 3.24. The minimum atomic E-state index is -0.375. The zero-order chi connectivity index (χ0) is 19.8. The number of nitrogens with zero attached hydrogens (tertiary/aromatic N) is 1. The second-order valence-electron chi connectivity index (χ2n) is 7.02. The fourth-order valence-corrected chi connectivity index (χ4v) is 3.03. The Morgan fingerprint density at radius 2 is 2.00 bits per heavy atom. The Bertz CT molecular complexity index is 1160. The third-order valence-electron chi connectivity index (χ3n) is 4.61. The van der Waals surface area contributed by atoms with Crippen LogP contribution in [0, 0.1) is 6.92 Å². The van der Waals surface area contributed by atoms with Gasteiger partial charge in [0.05, 0.1) is 11.8 Å². The SMILES string of the molecule is Cc1cc(NC(=O)c2ccco2)cc(-c2nc3cc(C(C)C)ccc3o2)c1O. The van der Waals surface area contributed by atoms with Gasteiger partial charge in [-0.15, -0.1) is 0 Å². The number of nitrogens with one attached hydrogen (secondary N) is 1. The number of aromatic hydroxyl groups is 1. The van der Waals surface area contributed by atoms with Gasteiger partial charge in [0.2, 0.25) is 5.89 Å². The molecule has 2 N–H and O–H groups in total. The molecule has 28 heavy (non-hydrogen) atoms. The maximum atomic E-state index is 12.3. The number of carbonyl (C=O) groups is 1. The lowest BCUT2D eigenvalue weighted by molar-refractivity contribution is 0.0996. The summed E-state index contributed by atoms with van der Waals surface area (Å²) >= 11 is 0. The standard InChI is InChI=1S/C22H20N2O4/c1-12(2)14-6-7-18-17(10-14)24-22(28-18)16-11-15(9-13(3)20(16)25)23-21(26)19-5-4-8-27-19/h4-12,25H,1-3H3,(H,23,26). The predicted octanol–water partition coefficient (Wildman–Crippen LogP) is 5.48. The fraction of sp³-hybridized carbons (Fsp3) is 0.182. The zero-order valence-corrected chi connectivity index (χ0v) is 15.8. The van der Waals surface area contributed by atoms with E-state index >= 15 is 0 Å². The number of furan rings is 1. The fourth-order valence-electron chi connectivity index (χ4n) is 3.03. The first kappa shape index (κ1) is 17.9. The van der Waals surface area contributed by atoms with Crippen LogP contribution in [0.15, 0.2) is 57.6 Å². The van der Waals surface area contributed by atoms with Gasteiger partial charge in [0.15, 0.2) is 11.3 Å². The molecule has 0 fully saturated rings. The largest absolute Gasteiger partial charge is 0.507 e. The minimum Gasteiger partial charge on any atom is -0.507 e. The van der Waals surface area contributed by atoms with Gasteiger partial charge in [-0.2, -0.15) is 0 Å². The minimum absolute atomic E-state index is 0.0617. The Hall–Kier alpha value is -3.54. The summed E-state index contributed by atoms with van der Waals surface area (Å²) in [5.41, 5.74) is 4.04. The van der Waals surface area contributed by atoms with E-state index in [1.54, 1.807) is 31.2 Å². The van der Waals surface area contributed by atoms with Gasteiger partial charge in [0.25, 0.3) is 5.91 Å². The van der Waals surface area contributed by atoms with Crippen molar-refractivity contribution in [1.29, 1.82) is 0 Å². The van der Waals surface area contributed by atoms with Gasteiger partial charge < -0.3 is 19.3 Å². The number of fused-ring (bicyclic) bond motifs is 1. The van der Waals surface area contributed by atoms with Crippen molar-refractivity contribution in [3.63, 3.8) is 0 Å². The normalized spacial score (nSPS) is 11.3. The van der Waals surface area contributed by atoms with Gasteiger partial charge in [0, 0.05) is 5.69 Å². The van der Waals surface area contributed by atoms with Crippen LogP contribution in [0.1, 0.15) is 41.4 Å². The number of phenolic OH excluding ortho intramolecular Hbond substituents is 1. The molecule has 4 rings (SSSR count). The van der Waals surface area contributed by atoms with Crippen LogP contribution in [-0.2, 0) is 0 Å². The molecule has 2 aromatic heterocycles. The van der Waals surface area contributed by atoms with E-state index in [1.807, 2.05) is 18.2 Å². The number of hydrogen-bond donors (Lipinski definition) is 2. The van der Waals surface area contributed by atoms with Gasteiger partial charge in [-0.25, -0.2) is 4.98 Å². The summed E-state index contributed by atoms with van der Waals surface area (Å²) in [7, 11) is 0. The molecule has 2 heterocycles. The molecule has 0 atom stereocenters. The lowest BCUT2D eigenvalue weighted by Gasteiger charge is -2.09. The number of benzene rings is 2. The van der Waals surface area contributed by atoms with Crippen LogP contribution < -0.4 is 5.32 Å². The van der Waals surface area contributed by atoms with E-state index in [9.17, 15) is 9.90 Å². The second-order valence-corrected chi connectivity index (χ2v) is 7.02. The van der Waals surface area contributed by atoms with Crippen LogP contribution >= 0.6 is 0 Å². The molecule has 6 nitrogen and oxygen atoms in total. The van der Waals surface area contributed by atoms with Crippen molar-refractivity contribution in [1.82, 2.24) is 4.98 Å². The molecule has 0 spiro atoms. The summed E-state index contributed by atoms with van der Waals surface area (Å²) in [5, 5.41) is 13.3. The van der Waals surface area contributed by atoms with Crippen LogP contribution in [0.2, 0.25) is 0 Å². The highest BCUT2D eigenvalue weighted by molar-refractivity contribution is 6.02. The summed E-state index contributed by atoms with van der Waals surface area (Å²) in [5.74, 6) is 0.563. The van der Waals surface area contributed by atoms with Crippen molar-refractivity contribution in [2.45, 2.75) is 26.7 Å². The van der Waals surface area contributed by atoms with Gasteiger partial charge in [-0.3, -0.25) is 4.79 Å². The molecule has 142 valence electrons. The Kier molecular flexibility index (Phi) is 4.39. The maximum absolute atomic E-state index is 12.3. The highest BCUT2D eigenvalue weighted by atomic mass is 16.4. The number of phenols is 1. The van der Waals surface area contributed by atoms with Gasteiger partial charge in [-0.1, -0.05) is 19.9 Å². The van der Waals surface area contributed by atoms with Crippen molar-refractivity contribution >= 4 is 22.7 Å². The number of carbonyl (C=O) groups excluding carboxylic acids is 1. The lowest BCUT2D eigenvalue weighted by Crippen LogP contribution is -2.11. The second kappa shape index (κ2) is 6.88. The molecule has 0 saturated heterocycles. The van der Waals surface area contributed by atoms with E-state index < -0.39 is 0 Å². The first-order valence-corrected chi connectivity index (χ1v) is 9.01. The van der Waals surface area contributed by atoms with Crippen molar-refractivity contribution in [2.24, 2.45) is 0 Å². The highest BCUT2D eigenvalue weighted by Crippen LogP contribution is 2.36. The summed E-state index contributed by atoms with van der Waals surface area (Å²) in [6, 6.07) is 12.4. The van der Waals surface area contributed by atoms with E-state index in [4.69, 9.17) is 8.83 Å². The Balaban J connectivity index is 1.73. The van der Waals surface area contributed by atoms with Crippen LogP contribution in [0.3, 0.4) is 0 Å². The van der Waals surface area contributed by atoms with Crippen molar-refractivity contribution < 1.29 is 18.7 Å². The van der Waals surface area contributed by atoms with Gasteiger partial charge in [0.1, 0.15) is 11.3 Å². The van der Waals surface area contributed by atoms with Crippen molar-refractivity contribution in [3.05, 3.63) is 65.6 Å². The number of aromatic nitrogens is 1. The molecule has 0 aliphatic rings. The summed E-state index contributed by atoms with van der Waals surface area (Å²) < 4.78 is 11.0. The molecule has 0 unspecified atom stereocenters. The molecular weight excluding hydrogens is 356 g/mol. The van der Waals surface area contributed by atoms with E-state index in [1.165, 1.54) is 6.26 Å². The lowest BCUT2D eigenvalue weighted by atomic mass is 10.0. The predicted molar refractivity (Wildman–Crippen MR) is 107 cm³/mol. The maximum Gasteiger partial charge on any atom is 0.291 e.